The smallest absolute Gasteiger partial charge is 0.252 e. The summed E-state index contributed by atoms with van der Waals surface area (Å²) in [5, 5.41) is 3.19. The quantitative estimate of drug-likeness (QED) is 0.774. The van der Waals surface area contributed by atoms with Crippen LogP contribution in [0.4, 0.5) is 0 Å². The topological polar surface area (TPSA) is 69.7 Å². The van der Waals surface area contributed by atoms with Crippen molar-refractivity contribution >= 4 is 38.9 Å². The third-order valence-corrected chi connectivity index (χ3v) is 9.49. The number of carbonyl (C=O) groups excluding carboxylic acids is 1. The van der Waals surface area contributed by atoms with E-state index in [9.17, 15) is 13.2 Å². The Labute approximate surface area is 170 Å². The van der Waals surface area contributed by atoms with Crippen LogP contribution in [0.2, 0.25) is 4.34 Å². The van der Waals surface area contributed by atoms with Crippen molar-refractivity contribution in [2.75, 3.05) is 32.7 Å². The second-order valence-corrected chi connectivity index (χ2v) is 11.6. The van der Waals surface area contributed by atoms with Crippen molar-refractivity contribution in [2.45, 2.75) is 43.4 Å². The largest absolute Gasteiger partial charge is 0.352 e. The summed E-state index contributed by atoms with van der Waals surface area (Å²) < 4.78 is 27.5. The molecule has 0 radical (unpaired) electrons. The molecule has 0 spiro atoms. The van der Waals surface area contributed by atoms with Gasteiger partial charge in [-0.05, 0) is 30.4 Å². The molecule has 0 bridgehead atoms. The molecule has 1 amide bonds. The van der Waals surface area contributed by atoms with Crippen molar-refractivity contribution in [1.29, 1.82) is 0 Å². The van der Waals surface area contributed by atoms with Crippen LogP contribution in [0.5, 0.6) is 0 Å². The summed E-state index contributed by atoms with van der Waals surface area (Å²) in [5.74, 6) is 1.19. The molecule has 27 heavy (non-hydrogen) atoms. The third-order valence-electron chi connectivity index (χ3n) is 5.89. The molecule has 2 fully saturated rings. The first kappa shape index (κ1) is 21.0. The molecular weight excluding hydrogens is 406 g/mol. The monoisotopic (exact) mass is 433 g/mol. The summed E-state index contributed by atoms with van der Waals surface area (Å²) in [6.45, 7) is 6.70. The molecule has 2 heterocycles. The van der Waals surface area contributed by atoms with Crippen LogP contribution in [-0.4, -0.2) is 62.3 Å². The lowest BCUT2D eigenvalue weighted by atomic mass is 9.78. The molecule has 1 N–H and O–H groups in total. The van der Waals surface area contributed by atoms with Gasteiger partial charge < -0.3 is 5.32 Å². The van der Waals surface area contributed by atoms with E-state index in [0.29, 0.717) is 48.9 Å². The minimum absolute atomic E-state index is 0.0438. The Bertz CT molecular complexity index is 760. The van der Waals surface area contributed by atoms with Crippen molar-refractivity contribution in [3.63, 3.8) is 0 Å². The molecule has 0 unspecified atom stereocenters. The maximum Gasteiger partial charge on any atom is 0.252 e. The van der Waals surface area contributed by atoms with Gasteiger partial charge >= 0.3 is 0 Å². The fraction of sp³-hybridized carbons (Fsp3) is 0.722. The first-order valence-corrected chi connectivity index (χ1v) is 12.2. The van der Waals surface area contributed by atoms with Crippen LogP contribution in [0, 0.1) is 11.8 Å². The lowest BCUT2D eigenvalue weighted by Gasteiger charge is -2.36. The summed E-state index contributed by atoms with van der Waals surface area (Å²) in [5.41, 5.74) is 0. The number of nitrogens with one attached hydrogen (secondary N) is 1. The summed E-state index contributed by atoms with van der Waals surface area (Å²) in [6.07, 6.45) is 3.45. The van der Waals surface area contributed by atoms with E-state index >= 15 is 0 Å². The zero-order valence-corrected chi connectivity index (χ0v) is 18.2. The molecule has 1 aliphatic heterocycles. The number of halogens is 1. The van der Waals surface area contributed by atoms with Gasteiger partial charge in [0.05, 0.1) is 10.9 Å². The Morgan fingerprint density at radius 2 is 1.93 bits per heavy atom. The average Bonchev–Trinajstić information content (AvgIpc) is 3.07. The minimum atomic E-state index is -3.49. The molecule has 3 rings (SSSR count). The van der Waals surface area contributed by atoms with E-state index in [4.69, 9.17) is 11.6 Å². The number of hydrogen-bond acceptors (Lipinski definition) is 5. The second kappa shape index (κ2) is 8.78. The van der Waals surface area contributed by atoms with Crippen LogP contribution in [-0.2, 0) is 14.8 Å². The molecule has 3 atom stereocenters. The summed E-state index contributed by atoms with van der Waals surface area (Å²) >= 11 is 6.95. The fourth-order valence-electron chi connectivity index (χ4n) is 3.93. The third kappa shape index (κ3) is 5.03. The highest BCUT2D eigenvalue weighted by atomic mass is 35.5. The van der Waals surface area contributed by atoms with Gasteiger partial charge in [0.1, 0.15) is 4.21 Å². The Balaban J connectivity index is 1.48. The van der Waals surface area contributed by atoms with Gasteiger partial charge in [0.25, 0.3) is 10.0 Å². The van der Waals surface area contributed by atoms with E-state index in [-0.39, 0.29) is 16.2 Å². The van der Waals surface area contributed by atoms with Crippen LogP contribution < -0.4 is 5.32 Å². The van der Waals surface area contributed by atoms with Gasteiger partial charge in [0, 0.05) is 32.2 Å². The van der Waals surface area contributed by atoms with Gasteiger partial charge in [-0.25, -0.2) is 8.42 Å². The van der Waals surface area contributed by atoms with E-state index in [1.807, 2.05) is 4.90 Å². The zero-order chi connectivity index (χ0) is 19.6. The van der Waals surface area contributed by atoms with Gasteiger partial charge in [-0.3, -0.25) is 9.69 Å². The number of nitrogens with zero attached hydrogens (tertiary/aromatic N) is 2. The highest BCUT2D eigenvalue weighted by Crippen LogP contribution is 2.30. The fourth-order valence-corrected chi connectivity index (χ4v) is 6.99. The first-order valence-electron chi connectivity index (χ1n) is 9.54. The molecule has 1 saturated heterocycles. The number of sulfonamides is 1. The maximum atomic E-state index is 12.6. The number of amides is 1. The lowest BCUT2D eigenvalue weighted by Crippen LogP contribution is -2.52. The molecule has 0 aromatic carbocycles. The van der Waals surface area contributed by atoms with E-state index < -0.39 is 10.0 Å². The molecule has 1 aromatic rings. The second-order valence-electron chi connectivity index (χ2n) is 7.68. The minimum Gasteiger partial charge on any atom is -0.352 e. The maximum absolute atomic E-state index is 12.6. The van der Waals surface area contributed by atoms with Gasteiger partial charge in [0.15, 0.2) is 0 Å². The highest BCUT2D eigenvalue weighted by Gasteiger charge is 2.31. The van der Waals surface area contributed by atoms with Crippen LogP contribution in [0.3, 0.4) is 0 Å². The molecule has 152 valence electrons. The van der Waals surface area contributed by atoms with Crippen molar-refractivity contribution in [3.05, 3.63) is 16.5 Å². The first-order chi connectivity index (χ1) is 12.8. The normalized spacial score (nSPS) is 28.2. The van der Waals surface area contributed by atoms with E-state index in [1.165, 1.54) is 17.1 Å². The van der Waals surface area contributed by atoms with Crippen molar-refractivity contribution in [3.8, 4) is 0 Å². The van der Waals surface area contributed by atoms with Gasteiger partial charge in [-0.2, -0.15) is 4.31 Å². The molecular formula is C18H28ClN3O3S2. The zero-order valence-electron chi connectivity index (χ0n) is 15.9. The van der Waals surface area contributed by atoms with Gasteiger partial charge in [-0.1, -0.05) is 38.3 Å². The van der Waals surface area contributed by atoms with Crippen LogP contribution >= 0.6 is 22.9 Å². The SMILES string of the molecule is C[C@@H]1[C@@H](C)CCC[C@H]1NC(=O)CN1CCN(S(=O)(=O)c2ccc(Cl)s2)CC1. The molecule has 1 saturated carbocycles. The molecule has 2 aliphatic rings. The number of carbonyl (C=O) groups is 1. The Hall–Kier alpha value is -0.670. The Morgan fingerprint density at radius 1 is 1.22 bits per heavy atom. The van der Waals surface area contributed by atoms with Crippen molar-refractivity contribution in [2.24, 2.45) is 11.8 Å². The predicted octanol–water partition coefficient (Wildman–Crippen LogP) is 2.65. The van der Waals surface area contributed by atoms with Gasteiger partial charge in [0.2, 0.25) is 5.91 Å². The van der Waals surface area contributed by atoms with Crippen LogP contribution in [0.1, 0.15) is 33.1 Å². The van der Waals surface area contributed by atoms with Crippen LogP contribution in [0.15, 0.2) is 16.3 Å². The molecule has 9 heteroatoms. The predicted molar refractivity (Wildman–Crippen MR) is 109 cm³/mol. The number of rotatable bonds is 5. The lowest BCUT2D eigenvalue weighted by molar-refractivity contribution is -0.124. The van der Waals surface area contributed by atoms with E-state index in [0.717, 1.165) is 17.8 Å². The van der Waals surface area contributed by atoms with E-state index in [1.54, 1.807) is 12.1 Å². The Kier molecular flexibility index (Phi) is 6.84. The highest BCUT2D eigenvalue weighted by molar-refractivity contribution is 7.91. The summed E-state index contributed by atoms with van der Waals surface area (Å²) in [7, 11) is -3.49. The van der Waals surface area contributed by atoms with Crippen molar-refractivity contribution < 1.29 is 13.2 Å². The molecule has 1 aromatic heterocycles. The standard InChI is InChI=1S/C18H28ClN3O3S2/c1-13-4-3-5-15(14(13)2)20-17(23)12-21-8-10-22(11-9-21)27(24,25)18-7-6-16(19)26-18/h6-7,13-15H,3-5,8-12H2,1-2H3,(H,20,23)/t13-,14+,15+/m0/s1. The van der Waals surface area contributed by atoms with Crippen molar-refractivity contribution in [1.82, 2.24) is 14.5 Å². The summed E-state index contributed by atoms with van der Waals surface area (Å²) in [4.78, 5) is 14.5. The van der Waals surface area contributed by atoms with Crippen LogP contribution in [0.25, 0.3) is 0 Å². The average molecular weight is 434 g/mol. The number of hydrogen-bond donors (Lipinski definition) is 1. The van der Waals surface area contributed by atoms with Gasteiger partial charge in [-0.15, -0.1) is 11.3 Å². The number of thiophene rings is 1. The Morgan fingerprint density at radius 3 is 2.56 bits per heavy atom. The molecule has 6 nitrogen and oxygen atoms in total. The summed E-state index contributed by atoms with van der Waals surface area (Å²) in [6, 6.07) is 3.41. The molecule has 1 aliphatic carbocycles. The van der Waals surface area contributed by atoms with E-state index in [2.05, 4.69) is 19.2 Å². The number of piperazine rings is 1.